The van der Waals surface area contributed by atoms with E-state index in [0.29, 0.717) is 46.7 Å². The molecule has 0 atom stereocenters. The van der Waals surface area contributed by atoms with Gasteiger partial charge in [0.05, 0.1) is 27.0 Å². The van der Waals surface area contributed by atoms with Gasteiger partial charge in [0.2, 0.25) is 5.75 Å². The fourth-order valence-corrected chi connectivity index (χ4v) is 3.46. The first kappa shape index (κ1) is 22.7. The highest BCUT2D eigenvalue weighted by Gasteiger charge is 2.19. The quantitative estimate of drug-likeness (QED) is 0.368. The maximum Gasteiger partial charge on any atom is 0.257 e. The number of hydrogen-bond donors (Lipinski definition) is 2. The van der Waals surface area contributed by atoms with E-state index in [4.69, 9.17) is 18.9 Å². The molecule has 0 aliphatic heterocycles. The van der Waals surface area contributed by atoms with Gasteiger partial charge in [-0.05, 0) is 29.8 Å². The van der Waals surface area contributed by atoms with Crippen LogP contribution in [0.4, 0.5) is 5.82 Å². The van der Waals surface area contributed by atoms with E-state index in [-0.39, 0.29) is 5.91 Å². The van der Waals surface area contributed by atoms with E-state index in [9.17, 15) is 4.79 Å². The van der Waals surface area contributed by atoms with Gasteiger partial charge in [-0.2, -0.15) is 5.10 Å². The first-order valence-corrected chi connectivity index (χ1v) is 10.6. The molecule has 0 unspecified atom stereocenters. The average Bonchev–Trinajstić information content (AvgIpc) is 3.35. The summed E-state index contributed by atoms with van der Waals surface area (Å²) >= 11 is 0. The second kappa shape index (κ2) is 10.4. The van der Waals surface area contributed by atoms with Crippen molar-refractivity contribution in [3.63, 3.8) is 0 Å². The highest BCUT2D eigenvalue weighted by molar-refractivity contribution is 6.04. The lowest BCUT2D eigenvalue weighted by atomic mass is 10.1. The summed E-state index contributed by atoms with van der Waals surface area (Å²) in [6.07, 6.45) is 0. The molecule has 0 radical (unpaired) electrons. The second-order valence-electron chi connectivity index (χ2n) is 7.31. The van der Waals surface area contributed by atoms with Crippen molar-refractivity contribution in [1.29, 1.82) is 0 Å². The summed E-state index contributed by atoms with van der Waals surface area (Å²) in [6, 6.07) is 22.2. The number of methoxy groups -OCH3 is 3. The van der Waals surface area contributed by atoms with Crippen LogP contribution >= 0.6 is 0 Å². The number of nitrogens with zero attached hydrogens (tertiary/aromatic N) is 1. The fraction of sp³-hybridized carbons (Fsp3) is 0.154. The van der Waals surface area contributed by atoms with Crippen molar-refractivity contribution in [3.05, 3.63) is 83.9 Å². The van der Waals surface area contributed by atoms with Crippen molar-refractivity contribution < 1.29 is 23.7 Å². The summed E-state index contributed by atoms with van der Waals surface area (Å²) in [7, 11) is 4.63. The highest BCUT2D eigenvalue weighted by Crippen LogP contribution is 2.39. The topological polar surface area (TPSA) is 94.7 Å². The van der Waals surface area contributed by atoms with E-state index < -0.39 is 0 Å². The number of benzene rings is 3. The predicted molar refractivity (Wildman–Crippen MR) is 129 cm³/mol. The molecule has 0 bridgehead atoms. The Morgan fingerprint density at radius 3 is 2.18 bits per heavy atom. The third-order valence-electron chi connectivity index (χ3n) is 5.17. The zero-order valence-electron chi connectivity index (χ0n) is 19.1. The number of amides is 1. The maximum atomic E-state index is 13.0. The van der Waals surface area contributed by atoms with Crippen LogP contribution in [0.1, 0.15) is 15.9 Å². The Kier molecular flexibility index (Phi) is 6.98. The van der Waals surface area contributed by atoms with Crippen LogP contribution in [0.15, 0.2) is 72.8 Å². The molecule has 0 fully saturated rings. The van der Waals surface area contributed by atoms with E-state index in [1.807, 2.05) is 54.6 Å². The molecule has 1 amide bonds. The van der Waals surface area contributed by atoms with E-state index in [1.54, 1.807) is 25.3 Å². The Balaban J connectivity index is 1.54. The molecule has 1 heterocycles. The number of aromatic amines is 1. The molecule has 174 valence electrons. The van der Waals surface area contributed by atoms with Crippen molar-refractivity contribution in [2.75, 3.05) is 26.6 Å². The number of hydrogen-bond acceptors (Lipinski definition) is 6. The fourth-order valence-electron chi connectivity index (χ4n) is 3.46. The van der Waals surface area contributed by atoms with Gasteiger partial charge in [-0.25, -0.2) is 0 Å². The summed E-state index contributed by atoms with van der Waals surface area (Å²) in [5, 5.41) is 9.92. The van der Waals surface area contributed by atoms with Crippen LogP contribution in [0.25, 0.3) is 11.3 Å². The zero-order chi connectivity index (χ0) is 23.9. The summed E-state index contributed by atoms with van der Waals surface area (Å²) in [6.45, 7) is 0.331. The number of aromatic nitrogens is 2. The lowest BCUT2D eigenvalue weighted by Crippen LogP contribution is -2.13. The van der Waals surface area contributed by atoms with Crippen LogP contribution in [0, 0.1) is 0 Å². The molecular formula is C26H25N3O5. The maximum absolute atomic E-state index is 13.0. The molecule has 8 nitrogen and oxygen atoms in total. The van der Waals surface area contributed by atoms with Crippen LogP contribution < -0.4 is 24.3 Å². The molecule has 1 aromatic heterocycles. The number of ether oxygens (including phenoxy) is 4. The van der Waals surface area contributed by atoms with E-state index in [2.05, 4.69) is 15.5 Å². The Bertz CT molecular complexity index is 1250. The van der Waals surface area contributed by atoms with E-state index in [1.165, 1.54) is 14.2 Å². The molecule has 4 rings (SSSR count). The number of carbonyl (C=O) groups excluding carboxylic acids is 1. The minimum atomic E-state index is -0.371. The molecule has 0 saturated heterocycles. The minimum Gasteiger partial charge on any atom is -0.496 e. The molecule has 0 aliphatic carbocycles. The van der Waals surface area contributed by atoms with Gasteiger partial charge in [-0.1, -0.05) is 42.5 Å². The van der Waals surface area contributed by atoms with Crippen LogP contribution in [0.5, 0.6) is 23.0 Å². The van der Waals surface area contributed by atoms with Gasteiger partial charge in [-0.15, -0.1) is 0 Å². The molecule has 0 spiro atoms. The summed E-state index contributed by atoms with van der Waals surface area (Å²) < 4.78 is 22.3. The Hall–Kier alpha value is -4.46. The van der Waals surface area contributed by atoms with E-state index in [0.717, 1.165) is 11.1 Å². The highest BCUT2D eigenvalue weighted by atomic mass is 16.5. The third kappa shape index (κ3) is 4.96. The van der Waals surface area contributed by atoms with Crippen LogP contribution in [-0.2, 0) is 6.61 Å². The Morgan fingerprint density at radius 1 is 0.853 bits per heavy atom. The van der Waals surface area contributed by atoms with Crippen molar-refractivity contribution in [2.45, 2.75) is 6.61 Å². The van der Waals surface area contributed by atoms with Crippen molar-refractivity contribution in [1.82, 2.24) is 10.2 Å². The SMILES string of the molecule is COc1ccccc1-c1cc(NC(=O)c2cc(OC)c(OCc3ccccc3)c(OC)c2)n[nH]1. The van der Waals surface area contributed by atoms with Crippen LogP contribution in [0.3, 0.4) is 0 Å². The normalized spacial score (nSPS) is 10.4. The smallest absolute Gasteiger partial charge is 0.257 e. The molecule has 2 N–H and O–H groups in total. The minimum absolute atomic E-state index is 0.331. The number of nitrogens with one attached hydrogen (secondary N) is 2. The lowest BCUT2D eigenvalue weighted by Gasteiger charge is -2.16. The van der Waals surface area contributed by atoms with Gasteiger partial charge in [0.15, 0.2) is 17.3 Å². The predicted octanol–water partition coefficient (Wildman–Crippen LogP) is 4.93. The van der Waals surface area contributed by atoms with Crippen LogP contribution in [-0.4, -0.2) is 37.4 Å². The Labute approximate surface area is 197 Å². The molecule has 0 saturated carbocycles. The van der Waals surface area contributed by atoms with Gasteiger partial charge in [0.1, 0.15) is 12.4 Å². The van der Waals surface area contributed by atoms with Crippen molar-refractivity contribution >= 4 is 11.7 Å². The molecule has 8 heteroatoms. The number of rotatable bonds is 9. The first-order valence-electron chi connectivity index (χ1n) is 10.6. The third-order valence-corrected chi connectivity index (χ3v) is 5.17. The van der Waals surface area contributed by atoms with Crippen molar-refractivity contribution in [3.8, 4) is 34.3 Å². The van der Waals surface area contributed by atoms with Gasteiger partial charge < -0.3 is 24.3 Å². The van der Waals surface area contributed by atoms with Crippen LogP contribution in [0.2, 0.25) is 0 Å². The number of anilines is 1. The second-order valence-corrected chi connectivity index (χ2v) is 7.31. The molecular weight excluding hydrogens is 434 g/mol. The lowest BCUT2D eigenvalue weighted by molar-refractivity contribution is 0.102. The zero-order valence-corrected chi connectivity index (χ0v) is 19.1. The molecule has 3 aromatic carbocycles. The Morgan fingerprint density at radius 2 is 1.50 bits per heavy atom. The first-order chi connectivity index (χ1) is 16.6. The summed E-state index contributed by atoms with van der Waals surface area (Å²) in [4.78, 5) is 13.0. The van der Waals surface area contributed by atoms with E-state index >= 15 is 0 Å². The van der Waals surface area contributed by atoms with Gasteiger partial charge >= 0.3 is 0 Å². The number of H-pyrrole nitrogens is 1. The monoisotopic (exact) mass is 459 g/mol. The molecule has 4 aromatic rings. The standard InChI is InChI=1S/C26H25N3O5/c1-31-21-12-8-7-11-19(21)20-15-24(29-28-20)27-26(30)18-13-22(32-2)25(23(14-18)33-3)34-16-17-9-5-4-6-10-17/h4-15H,16H2,1-3H3,(H2,27,28,29,30). The summed E-state index contributed by atoms with van der Waals surface area (Å²) in [5.41, 5.74) is 2.88. The largest absolute Gasteiger partial charge is 0.496 e. The number of carbonyl (C=O) groups is 1. The summed E-state index contributed by atoms with van der Waals surface area (Å²) in [5.74, 6) is 1.89. The van der Waals surface area contributed by atoms with Gasteiger partial charge in [0.25, 0.3) is 5.91 Å². The molecule has 0 aliphatic rings. The number of para-hydroxylation sites is 1. The molecule has 34 heavy (non-hydrogen) atoms. The van der Waals surface area contributed by atoms with Gasteiger partial charge in [0, 0.05) is 17.2 Å². The average molecular weight is 460 g/mol. The van der Waals surface area contributed by atoms with Gasteiger partial charge in [-0.3, -0.25) is 9.89 Å². The van der Waals surface area contributed by atoms with Crippen molar-refractivity contribution in [2.24, 2.45) is 0 Å².